The van der Waals surface area contributed by atoms with E-state index in [4.69, 9.17) is 0 Å². The van der Waals surface area contributed by atoms with Gasteiger partial charge >= 0.3 is 5.97 Å². The lowest BCUT2D eigenvalue weighted by atomic mass is 10.1. The number of hydrogen-bond acceptors (Lipinski definition) is 2. The highest BCUT2D eigenvalue weighted by molar-refractivity contribution is 8.01. The van der Waals surface area contributed by atoms with Gasteiger partial charge in [-0.2, -0.15) is 0 Å². The lowest BCUT2D eigenvalue weighted by Gasteiger charge is -2.23. The number of aliphatic carboxylic acids is 1. The minimum atomic E-state index is -0.654. The largest absolute Gasteiger partial charge is 0.480 e. The van der Waals surface area contributed by atoms with Gasteiger partial charge in [0.1, 0.15) is 4.75 Å². The Bertz CT molecular complexity index is 395. The summed E-state index contributed by atoms with van der Waals surface area (Å²) in [6.45, 7) is 2.03. The second-order valence-electron chi connectivity index (χ2n) is 4.37. The van der Waals surface area contributed by atoms with E-state index in [0.717, 1.165) is 30.6 Å². The lowest BCUT2D eigenvalue weighted by molar-refractivity contribution is -0.139. The van der Waals surface area contributed by atoms with Crippen molar-refractivity contribution < 1.29 is 9.90 Å². The van der Waals surface area contributed by atoms with E-state index in [1.54, 1.807) is 0 Å². The Morgan fingerprint density at radius 1 is 1.31 bits per heavy atom. The zero-order chi connectivity index (χ0) is 11.6. The Balaban J connectivity index is 2.25. The van der Waals surface area contributed by atoms with Crippen LogP contribution in [0.25, 0.3) is 0 Å². The topological polar surface area (TPSA) is 37.3 Å². The van der Waals surface area contributed by atoms with Gasteiger partial charge in [0.05, 0.1) is 0 Å². The lowest BCUT2D eigenvalue weighted by Crippen LogP contribution is -2.31. The Hall–Kier alpha value is -0.960. The standard InChI is InChI=1S/C13H16O2S/c1-10-6-2-3-7-11(10)16-13(12(14)15)8-4-5-9-13/h2-3,6-7H,4-5,8-9H2,1H3,(H,14,15). The monoisotopic (exact) mass is 236 g/mol. The molecule has 2 nitrogen and oxygen atoms in total. The van der Waals surface area contributed by atoms with Gasteiger partial charge in [-0.3, -0.25) is 4.79 Å². The summed E-state index contributed by atoms with van der Waals surface area (Å²) < 4.78 is -0.577. The van der Waals surface area contributed by atoms with Crippen molar-refractivity contribution in [2.75, 3.05) is 0 Å². The van der Waals surface area contributed by atoms with Crippen LogP contribution in [-0.2, 0) is 4.79 Å². The molecular weight excluding hydrogens is 220 g/mol. The fourth-order valence-corrected chi connectivity index (χ4v) is 3.56. The molecule has 0 amide bonds. The molecule has 3 heteroatoms. The molecule has 16 heavy (non-hydrogen) atoms. The molecule has 0 saturated heterocycles. The smallest absolute Gasteiger partial charge is 0.320 e. The van der Waals surface area contributed by atoms with Crippen molar-refractivity contribution in [1.82, 2.24) is 0 Å². The Morgan fingerprint density at radius 2 is 1.94 bits per heavy atom. The molecule has 1 N–H and O–H groups in total. The average molecular weight is 236 g/mol. The van der Waals surface area contributed by atoms with Crippen LogP contribution in [0.3, 0.4) is 0 Å². The van der Waals surface area contributed by atoms with Crippen LogP contribution >= 0.6 is 11.8 Å². The summed E-state index contributed by atoms with van der Waals surface area (Å²) in [4.78, 5) is 12.5. The van der Waals surface area contributed by atoms with Crippen molar-refractivity contribution in [2.24, 2.45) is 0 Å². The molecule has 1 aliphatic rings. The minimum absolute atomic E-state index is 0.577. The third kappa shape index (κ3) is 2.09. The van der Waals surface area contributed by atoms with Crippen LogP contribution in [0.2, 0.25) is 0 Å². The predicted octanol–water partition coefficient (Wildman–Crippen LogP) is 3.48. The van der Waals surface area contributed by atoms with Gasteiger partial charge in [0.15, 0.2) is 0 Å². The van der Waals surface area contributed by atoms with E-state index < -0.39 is 10.7 Å². The molecule has 0 spiro atoms. The quantitative estimate of drug-likeness (QED) is 0.873. The van der Waals surface area contributed by atoms with Crippen LogP contribution in [0.5, 0.6) is 0 Å². The van der Waals surface area contributed by atoms with Crippen LogP contribution in [0.15, 0.2) is 29.2 Å². The van der Waals surface area contributed by atoms with Gasteiger partial charge in [0.2, 0.25) is 0 Å². The van der Waals surface area contributed by atoms with E-state index in [0.29, 0.717) is 0 Å². The molecule has 0 aromatic heterocycles. The Kier molecular flexibility index (Phi) is 3.24. The van der Waals surface area contributed by atoms with Gasteiger partial charge in [-0.15, -0.1) is 11.8 Å². The fraction of sp³-hybridized carbons (Fsp3) is 0.462. The number of carboxylic acid groups (broad SMARTS) is 1. The van der Waals surface area contributed by atoms with E-state index in [2.05, 4.69) is 0 Å². The van der Waals surface area contributed by atoms with Crippen LogP contribution in [0.4, 0.5) is 0 Å². The maximum atomic E-state index is 11.4. The van der Waals surface area contributed by atoms with E-state index in [9.17, 15) is 9.90 Å². The van der Waals surface area contributed by atoms with Crippen LogP contribution in [0.1, 0.15) is 31.2 Å². The van der Waals surface area contributed by atoms with Gasteiger partial charge in [0.25, 0.3) is 0 Å². The number of thioether (sulfide) groups is 1. The first kappa shape index (κ1) is 11.5. The number of aryl methyl sites for hydroxylation is 1. The summed E-state index contributed by atoms with van der Waals surface area (Å²) in [6, 6.07) is 8.01. The predicted molar refractivity (Wildman–Crippen MR) is 65.9 cm³/mol. The minimum Gasteiger partial charge on any atom is -0.480 e. The van der Waals surface area contributed by atoms with Gasteiger partial charge < -0.3 is 5.11 Å². The van der Waals surface area contributed by atoms with E-state index in [1.807, 2.05) is 31.2 Å². The second-order valence-corrected chi connectivity index (χ2v) is 5.80. The van der Waals surface area contributed by atoms with Crippen molar-refractivity contribution >= 4 is 17.7 Å². The number of hydrogen-bond donors (Lipinski definition) is 1. The van der Waals surface area contributed by atoms with Gasteiger partial charge in [-0.1, -0.05) is 31.0 Å². The Labute approximate surface area is 100 Å². The van der Waals surface area contributed by atoms with Crippen molar-refractivity contribution in [3.63, 3.8) is 0 Å². The maximum Gasteiger partial charge on any atom is 0.320 e. The number of carboxylic acids is 1. The van der Waals surface area contributed by atoms with Crippen molar-refractivity contribution in [1.29, 1.82) is 0 Å². The molecular formula is C13H16O2S. The molecule has 1 aromatic carbocycles. The highest BCUT2D eigenvalue weighted by atomic mass is 32.2. The van der Waals surface area contributed by atoms with Crippen molar-refractivity contribution in [3.8, 4) is 0 Å². The molecule has 1 fully saturated rings. The van der Waals surface area contributed by atoms with Gasteiger partial charge in [0, 0.05) is 4.90 Å². The first-order valence-electron chi connectivity index (χ1n) is 5.62. The fourth-order valence-electron chi connectivity index (χ4n) is 2.19. The summed E-state index contributed by atoms with van der Waals surface area (Å²) in [5, 5.41) is 9.40. The molecule has 1 aromatic rings. The molecule has 0 bridgehead atoms. The maximum absolute atomic E-state index is 11.4. The zero-order valence-corrected chi connectivity index (χ0v) is 10.2. The third-order valence-electron chi connectivity index (χ3n) is 3.20. The molecule has 0 aliphatic heterocycles. The molecule has 0 atom stereocenters. The Morgan fingerprint density at radius 3 is 2.50 bits per heavy atom. The van der Waals surface area contributed by atoms with Crippen molar-refractivity contribution in [3.05, 3.63) is 29.8 Å². The number of rotatable bonds is 3. The average Bonchev–Trinajstić information content (AvgIpc) is 2.71. The first-order valence-corrected chi connectivity index (χ1v) is 6.44. The summed E-state index contributed by atoms with van der Waals surface area (Å²) in [7, 11) is 0. The molecule has 0 unspecified atom stereocenters. The number of benzene rings is 1. The SMILES string of the molecule is Cc1ccccc1SC1(C(=O)O)CCCC1. The first-order chi connectivity index (χ1) is 7.64. The molecule has 1 saturated carbocycles. The molecule has 0 heterocycles. The highest BCUT2D eigenvalue weighted by Crippen LogP contribution is 2.46. The second kappa shape index (κ2) is 4.50. The van der Waals surface area contributed by atoms with Crippen LogP contribution in [-0.4, -0.2) is 15.8 Å². The molecule has 86 valence electrons. The highest BCUT2D eigenvalue weighted by Gasteiger charge is 2.42. The van der Waals surface area contributed by atoms with E-state index in [1.165, 1.54) is 17.3 Å². The summed E-state index contributed by atoms with van der Waals surface area (Å²) in [5.74, 6) is -0.654. The third-order valence-corrected chi connectivity index (χ3v) is 4.85. The normalized spacial score (nSPS) is 18.6. The van der Waals surface area contributed by atoms with E-state index >= 15 is 0 Å². The van der Waals surface area contributed by atoms with Gasteiger partial charge in [-0.25, -0.2) is 0 Å². The molecule has 0 radical (unpaired) electrons. The zero-order valence-electron chi connectivity index (χ0n) is 9.40. The summed E-state index contributed by atoms with van der Waals surface area (Å²) >= 11 is 1.53. The molecule has 1 aliphatic carbocycles. The number of carbonyl (C=O) groups is 1. The van der Waals surface area contributed by atoms with E-state index in [-0.39, 0.29) is 0 Å². The van der Waals surface area contributed by atoms with Crippen LogP contribution in [0, 0.1) is 6.92 Å². The van der Waals surface area contributed by atoms with Crippen LogP contribution < -0.4 is 0 Å². The molecule has 2 rings (SSSR count). The summed E-state index contributed by atoms with van der Waals surface area (Å²) in [5.41, 5.74) is 1.17. The van der Waals surface area contributed by atoms with Crippen molar-refractivity contribution in [2.45, 2.75) is 42.2 Å². The summed E-state index contributed by atoms with van der Waals surface area (Å²) in [6.07, 6.45) is 3.65. The van der Waals surface area contributed by atoms with Gasteiger partial charge in [-0.05, 0) is 31.4 Å².